The van der Waals surface area contributed by atoms with Crippen LogP contribution in [0.5, 0.6) is 0 Å². The highest BCUT2D eigenvalue weighted by Gasteiger charge is 2.33. The Morgan fingerprint density at radius 2 is 1.95 bits per heavy atom. The summed E-state index contributed by atoms with van der Waals surface area (Å²) in [6.07, 6.45) is -1.13. The molecule has 0 aliphatic carbocycles. The predicted octanol–water partition coefficient (Wildman–Crippen LogP) is 2.22. The van der Waals surface area contributed by atoms with Crippen molar-refractivity contribution in [2.45, 2.75) is 64.2 Å². The average molecular weight is 538 g/mol. The lowest BCUT2D eigenvalue weighted by molar-refractivity contribution is -0.130. The van der Waals surface area contributed by atoms with Crippen LogP contribution in [0.15, 0.2) is 42.0 Å². The van der Waals surface area contributed by atoms with E-state index in [1.54, 1.807) is 11.0 Å². The Balaban J connectivity index is 1.98. The minimum absolute atomic E-state index is 0.00852. The minimum Gasteiger partial charge on any atom is -0.426 e. The lowest BCUT2D eigenvalue weighted by atomic mass is 9.76. The maximum absolute atomic E-state index is 13.0. The summed E-state index contributed by atoms with van der Waals surface area (Å²) in [5.41, 5.74) is 0.555. The fourth-order valence-corrected chi connectivity index (χ4v) is 4.25. The van der Waals surface area contributed by atoms with Crippen molar-refractivity contribution in [1.82, 2.24) is 15.5 Å². The van der Waals surface area contributed by atoms with Crippen LogP contribution in [0.1, 0.15) is 39.2 Å². The number of benzene rings is 1. The predicted molar refractivity (Wildman–Crippen MR) is 139 cm³/mol. The first-order valence-corrected chi connectivity index (χ1v) is 12.7. The molecule has 0 radical (unpaired) electrons. The highest BCUT2D eigenvalue weighted by Crippen LogP contribution is 2.23. The summed E-state index contributed by atoms with van der Waals surface area (Å²) in [5.74, 6) is -1.17. The summed E-state index contributed by atoms with van der Waals surface area (Å²) >= 11 is 0. The van der Waals surface area contributed by atoms with Gasteiger partial charge < -0.3 is 30.3 Å². The van der Waals surface area contributed by atoms with Crippen molar-refractivity contribution in [2.75, 3.05) is 32.8 Å². The van der Waals surface area contributed by atoms with Gasteiger partial charge >= 0.3 is 13.3 Å². The Labute approximate surface area is 223 Å². The molecule has 210 valence electrons. The molecule has 0 aromatic heterocycles. The fraction of sp³-hybridized carbons (Fsp3) is 0.615. The molecule has 1 aliphatic rings. The van der Waals surface area contributed by atoms with Gasteiger partial charge in [-0.05, 0) is 30.2 Å². The minimum atomic E-state index is -4.43. The molecule has 0 spiro atoms. The van der Waals surface area contributed by atoms with Crippen molar-refractivity contribution >= 4 is 13.0 Å². The van der Waals surface area contributed by atoms with E-state index in [1.807, 2.05) is 57.2 Å². The molecule has 1 saturated heterocycles. The van der Waals surface area contributed by atoms with E-state index in [2.05, 4.69) is 10.6 Å². The van der Waals surface area contributed by atoms with E-state index in [9.17, 15) is 33.3 Å². The summed E-state index contributed by atoms with van der Waals surface area (Å²) in [7, 11) is -1.71. The van der Waals surface area contributed by atoms with E-state index >= 15 is 0 Å². The van der Waals surface area contributed by atoms with Crippen LogP contribution in [-0.4, -0.2) is 85.0 Å². The number of alkyl halides is 3. The third-order valence-corrected chi connectivity index (χ3v) is 6.07. The van der Waals surface area contributed by atoms with E-state index in [1.165, 1.54) is 0 Å². The summed E-state index contributed by atoms with van der Waals surface area (Å²) in [6, 6.07) is 10.0. The molecule has 4 N–H and O–H groups in total. The normalized spacial score (nSPS) is 18.2. The van der Waals surface area contributed by atoms with Gasteiger partial charge in [-0.2, -0.15) is 18.4 Å². The summed E-state index contributed by atoms with van der Waals surface area (Å²) in [5, 5.41) is 34.4. The van der Waals surface area contributed by atoms with E-state index < -0.39 is 31.8 Å². The third kappa shape index (κ3) is 11.5. The molecule has 3 atom stereocenters. The van der Waals surface area contributed by atoms with Gasteiger partial charge in [0.15, 0.2) is 0 Å². The second kappa shape index (κ2) is 14.7. The van der Waals surface area contributed by atoms with Crippen molar-refractivity contribution in [2.24, 2.45) is 5.41 Å². The smallest absolute Gasteiger partial charge is 0.426 e. The van der Waals surface area contributed by atoms with Crippen LogP contribution in [0.25, 0.3) is 0 Å². The topological polar surface area (TPSA) is 118 Å². The number of nitrogens with one attached hydrogen (secondary N) is 2. The molecule has 0 saturated carbocycles. The van der Waals surface area contributed by atoms with Gasteiger partial charge in [-0.15, -0.1) is 0 Å². The summed E-state index contributed by atoms with van der Waals surface area (Å²) in [6.45, 7) is 4.93. The third-order valence-electron chi connectivity index (χ3n) is 6.07. The van der Waals surface area contributed by atoms with Gasteiger partial charge in [-0.3, -0.25) is 4.79 Å². The van der Waals surface area contributed by atoms with E-state index in [4.69, 9.17) is 4.74 Å². The van der Waals surface area contributed by atoms with E-state index in [0.717, 1.165) is 12.0 Å². The number of nitrogens with zero attached hydrogens (tertiary/aromatic N) is 2. The number of halogens is 3. The van der Waals surface area contributed by atoms with Gasteiger partial charge in [-0.25, -0.2) is 0 Å². The number of allylic oxidation sites excluding steroid dienone is 1. The van der Waals surface area contributed by atoms with Crippen LogP contribution < -0.4 is 10.6 Å². The lowest BCUT2D eigenvalue weighted by Gasteiger charge is -2.27. The molecule has 2 rings (SSSR count). The number of hydrogen-bond acceptors (Lipinski definition) is 7. The van der Waals surface area contributed by atoms with Crippen LogP contribution in [0.4, 0.5) is 13.2 Å². The van der Waals surface area contributed by atoms with Gasteiger partial charge in [0.2, 0.25) is 0 Å². The van der Waals surface area contributed by atoms with E-state index in [-0.39, 0.29) is 49.1 Å². The van der Waals surface area contributed by atoms with Crippen molar-refractivity contribution in [3.8, 4) is 6.07 Å². The first-order valence-electron chi connectivity index (χ1n) is 12.7. The molecule has 0 bridgehead atoms. The van der Waals surface area contributed by atoms with Crippen LogP contribution >= 0.6 is 0 Å². The van der Waals surface area contributed by atoms with Crippen LogP contribution in [-0.2, 0) is 16.0 Å². The summed E-state index contributed by atoms with van der Waals surface area (Å²) < 4.78 is 44.4. The first-order chi connectivity index (χ1) is 17.8. The number of hydrogen-bond donors (Lipinski definition) is 4. The molecule has 1 fully saturated rings. The summed E-state index contributed by atoms with van der Waals surface area (Å²) in [4.78, 5) is 14.5. The molecule has 1 aromatic carbocycles. The molecule has 8 nitrogen and oxygen atoms in total. The quantitative estimate of drug-likeness (QED) is 0.173. The molecule has 0 unspecified atom stereocenters. The molecule has 1 aliphatic heterocycles. The SMILES string of the molecule is CC(C)(C)C=C(C#N)C(=O)N1CCC[C@@H]1COC[C@H](CN[C@@H](Cc1ccccc1)B(O)O)NCC(F)(F)F. The molecule has 38 heavy (non-hydrogen) atoms. The van der Waals surface area contributed by atoms with Gasteiger partial charge in [-0.1, -0.05) is 57.2 Å². The Bertz CT molecular complexity index is 949. The van der Waals surface area contributed by atoms with Crippen molar-refractivity contribution in [3.63, 3.8) is 0 Å². The molecule has 1 aromatic rings. The Kier molecular flexibility index (Phi) is 12.3. The number of ether oxygens (including phenoxy) is 1. The van der Waals surface area contributed by atoms with Crippen LogP contribution in [0.2, 0.25) is 0 Å². The average Bonchev–Trinajstić information content (AvgIpc) is 3.30. The number of amides is 1. The molecule has 1 heterocycles. The monoisotopic (exact) mass is 538 g/mol. The number of nitriles is 1. The number of carbonyl (C=O) groups excluding carboxylic acids is 1. The van der Waals surface area contributed by atoms with Gasteiger partial charge in [0.25, 0.3) is 5.91 Å². The molecule has 12 heteroatoms. The number of likely N-dealkylation sites (tertiary alicyclic amines) is 1. The Morgan fingerprint density at radius 1 is 1.26 bits per heavy atom. The molecule has 1 amide bonds. The van der Waals surface area contributed by atoms with E-state index in [0.29, 0.717) is 13.0 Å². The second-order valence-electron chi connectivity index (χ2n) is 10.7. The van der Waals surface area contributed by atoms with Crippen molar-refractivity contribution in [3.05, 3.63) is 47.5 Å². The van der Waals surface area contributed by atoms with Crippen molar-refractivity contribution in [1.29, 1.82) is 5.26 Å². The highest BCUT2D eigenvalue weighted by molar-refractivity contribution is 6.43. The zero-order valence-electron chi connectivity index (χ0n) is 22.2. The van der Waals surface area contributed by atoms with Crippen molar-refractivity contribution < 1.29 is 32.8 Å². The Hall–Kier alpha value is -2.43. The number of rotatable bonds is 13. The first kappa shape index (κ1) is 31.8. The fourth-order valence-electron chi connectivity index (χ4n) is 4.25. The molecular weight excluding hydrogens is 500 g/mol. The lowest BCUT2D eigenvalue weighted by Crippen LogP contribution is -2.52. The highest BCUT2D eigenvalue weighted by atomic mass is 19.4. The largest absolute Gasteiger partial charge is 0.469 e. The number of carbonyl (C=O) groups is 1. The van der Waals surface area contributed by atoms with Crippen LogP contribution in [0.3, 0.4) is 0 Å². The van der Waals surface area contributed by atoms with Crippen LogP contribution in [0, 0.1) is 16.7 Å². The van der Waals surface area contributed by atoms with Gasteiger partial charge in [0.05, 0.1) is 25.8 Å². The second-order valence-corrected chi connectivity index (χ2v) is 10.7. The van der Waals surface area contributed by atoms with Gasteiger partial charge in [0, 0.05) is 25.1 Å². The maximum atomic E-state index is 13.0. The maximum Gasteiger partial charge on any atom is 0.469 e. The van der Waals surface area contributed by atoms with Gasteiger partial charge in [0.1, 0.15) is 11.6 Å². The standard InChI is InChI=1S/C26H38BF3N4O4/c1-25(2,3)13-20(14-31)24(35)34-11-7-10-22(34)17-38-16-21(33-18-26(28,29)30)15-32-23(27(36)37)12-19-8-5-4-6-9-19/h4-6,8-9,13,21-23,32-33,36-37H,7,10-12,15-18H2,1-3H3/t21-,22+,23-/m0/s1. The zero-order valence-corrected chi connectivity index (χ0v) is 22.2. The molecular formula is C26H38BF3N4O4. The Morgan fingerprint density at radius 3 is 2.53 bits per heavy atom. The zero-order chi connectivity index (χ0) is 28.3.